The van der Waals surface area contributed by atoms with Crippen molar-refractivity contribution in [1.29, 1.82) is 0 Å². The summed E-state index contributed by atoms with van der Waals surface area (Å²) in [5.74, 6) is 0.877. The minimum Gasteiger partial charge on any atom is -0.393 e. The van der Waals surface area contributed by atoms with E-state index < -0.39 is 5.41 Å². The van der Waals surface area contributed by atoms with Crippen LogP contribution in [0.2, 0.25) is 0 Å². The van der Waals surface area contributed by atoms with Gasteiger partial charge in [-0.3, -0.25) is 4.79 Å². The first-order valence-electron chi connectivity index (χ1n) is 5.36. The summed E-state index contributed by atoms with van der Waals surface area (Å²) < 4.78 is 0. The Hall–Kier alpha value is -0.280. The molecule has 1 N–H and O–H groups in total. The number of hydrogen-bond acceptors (Lipinski definition) is 2. The fraction of sp³-hybridized carbons (Fsp3) is 0.909. The second kappa shape index (κ2) is 4.71. The van der Waals surface area contributed by atoms with Gasteiger partial charge in [-0.05, 0) is 32.6 Å². The molecule has 0 aromatic rings. The quantitative estimate of drug-likeness (QED) is 0.748. The SMILES string of the molecule is CN(CC1CC(O)C1)C(=O)C(C)(C)CCl. The molecule has 1 aliphatic carbocycles. The molecule has 88 valence electrons. The van der Waals surface area contributed by atoms with Crippen LogP contribution in [0.15, 0.2) is 0 Å². The lowest BCUT2D eigenvalue weighted by Gasteiger charge is -2.36. The van der Waals surface area contributed by atoms with Gasteiger partial charge in [0.05, 0.1) is 11.5 Å². The maximum atomic E-state index is 11.9. The molecular weight excluding hydrogens is 214 g/mol. The third-order valence-electron chi connectivity index (χ3n) is 3.00. The number of nitrogens with zero attached hydrogens (tertiary/aromatic N) is 1. The number of alkyl halides is 1. The highest BCUT2D eigenvalue weighted by Crippen LogP contribution is 2.29. The summed E-state index contributed by atoms with van der Waals surface area (Å²) in [6.07, 6.45) is 1.48. The first kappa shape index (κ1) is 12.8. The lowest BCUT2D eigenvalue weighted by atomic mass is 9.82. The van der Waals surface area contributed by atoms with Gasteiger partial charge >= 0.3 is 0 Å². The lowest BCUT2D eigenvalue weighted by molar-refractivity contribution is -0.139. The second-order valence-corrected chi connectivity index (χ2v) is 5.46. The standard InChI is InChI=1S/C11H20ClNO2/c1-11(2,7-12)10(15)13(3)6-8-4-9(14)5-8/h8-9,14H,4-7H2,1-3H3. The van der Waals surface area contributed by atoms with Crippen LogP contribution < -0.4 is 0 Å². The fourth-order valence-electron chi connectivity index (χ4n) is 1.89. The molecule has 15 heavy (non-hydrogen) atoms. The van der Waals surface area contributed by atoms with Gasteiger partial charge in [-0.1, -0.05) is 0 Å². The van der Waals surface area contributed by atoms with E-state index in [-0.39, 0.29) is 12.0 Å². The maximum absolute atomic E-state index is 11.9. The fourth-order valence-corrected chi connectivity index (χ4v) is 2.01. The molecular formula is C11H20ClNO2. The molecule has 0 heterocycles. The number of aliphatic hydroxyl groups excluding tert-OH is 1. The molecule has 0 aromatic carbocycles. The number of aliphatic hydroxyl groups is 1. The van der Waals surface area contributed by atoms with Gasteiger partial charge in [0.15, 0.2) is 0 Å². The van der Waals surface area contributed by atoms with E-state index >= 15 is 0 Å². The number of halogens is 1. The van der Waals surface area contributed by atoms with Crippen LogP contribution in [0.3, 0.4) is 0 Å². The Kier molecular flexibility index (Phi) is 4.01. The van der Waals surface area contributed by atoms with Gasteiger partial charge in [-0.2, -0.15) is 0 Å². The van der Waals surface area contributed by atoms with Gasteiger partial charge in [0.2, 0.25) is 5.91 Å². The summed E-state index contributed by atoms with van der Waals surface area (Å²) in [5, 5.41) is 9.15. The van der Waals surface area contributed by atoms with Crippen molar-refractivity contribution in [3.8, 4) is 0 Å². The van der Waals surface area contributed by atoms with Crippen molar-refractivity contribution in [2.24, 2.45) is 11.3 Å². The Bertz CT molecular complexity index is 237. The minimum atomic E-state index is -0.487. The Morgan fingerprint density at radius 1 is 1.53 bits per heavy atom. The predicted octanol–water partition coefficient (Wildman–Crippen LogP) is 1.48. The van der Waals surface area contributed by atoms with Crippen molar-refractivity contribution in [1.82, 2.24) is 4.90 Å². The van der Waals surface area contributed by atoms with Crippen molar-refractivity contribution < 1.29 is 9.90 Å². The van der Waals surface area contributed by atoms with Crippen LogP contribution in [0.25, 0.3) is 0 Å². The Balaban J connectivity index is 2.40. The Morgan fingerprint density at radius 2 is 2.07 bits per heavy atom. The van der Waals surface area contributed by atoms with Crippen LogP contribution in [-0.2, 0) is 4.79 Å². The minimum absolute atomic E-state index is 0.0823. The van der Waals surface area contributed by atoms with E-state index in [0.717, 1.165) is 19.4 Å². The molecule has 1 fully saturated rings. The van der Waals surface area contributed by atoms with E-state index in [1.165, 1.54) is 0 Å². The van der Waals surface area contributed by atoms with Crippen LogP contribution in [0.1, 0.15) is 26.7 Å². The highest BCUT2D eigenvalue weighted by molar-refractivity contribution is 6.19. The van der Waals surface area contributed by atoms with Crippen molar-refractivity contribution in [3.63, 3.8) is 0 Å². The Morgan fingerprint density at radius 3 is 2.47 bits per heavy atom. The molecule has 3 nitrogen and oxygen atoms in total. The molecule has 4 heteroatoms. The molecule has 1 rings (SSSR count). The first-order chi connectivity index (χ1) is 6.86. The number of carbonyl (C=O) groups excluding carboxylic acids is 1. The zero-order valence-corrected chi connectivity index (χ0v) is 10.4. The molecule has 0 atom stereocenters. The van der Waals surface area contributed by atoms with Gasteiger partial charge < -0.3 is 10.0 Å². The molecule has 0 spiro atoms. The molecule has 1 saturated carbocycles. The average Bonchev–Trinajstić information content (AvgIpc) is 2.14. The van der Waals surface area contributed by atoms with E-state index in [1.54, 1.807) is 11.9 Å². The Labute approximate surface area is 96.4 Å². The summed E-state index contributed by atoms with van der Waals surface area (Å²) in [6.45, 7) is 4.44. The van der Waals surface area contributed by atoms with Gasteiger partial charge in [0.1, 0.15) is 0 Å². The number of rotatable bonds is 4. The molecule has 0 bridgehead atoms. The highest BCUT2D eigenvalue weighted by Gasteiger charge is 2.33. The summed E-state index contributed by atoms with van der Waals surface area (Å²) in [5.41, 5.74) is -0.487. The van der Waals surface area contributed by atoms with Crippen LogP contribution in [0, 0.1) is 11.3 Å². The first-order valence-corrected chi connectivity index (χ1v) is 5.90. The molecule has 0 radical (unpaired) electrons. The molecule has 1 amide bonds. The third-order valence-corrected chi connectivity index (χ3v) is 3.67. The topological polar surface area (TPSA) is 40.5 Å². The van der Waals surface area contributed by atoms with Gasteiger partial charge in [0, 0.05) is 19.5 Å². The molecule has 0 saturated heterocycles. The molecule has 1 aliphatic rings. The van der Waals surface area contributed by atoms with E-state index in [1.807, 2.05) is 13.8 Å². The second-order valence-electron chi connectivity index (χ2n) is 5.19. The van der Waals surface area contributed by atoms with E-state index in [0.29, 0.717) is 11.8 Å². The maximum Gasteiger partial charge on any atom is 0.229 e. The number of carbonyl (C=O) groups is 1. The van der Waals surface area contributed by atoms with Crippen LogP contribution in [-0.4, -0.2) is 41.5 Å². The number of amides is 1. The van der Waals surface area contributed by atoms with Crippen LogP contribution >= 0.6 is 11.6 Å². The van der Waals surface area contributed by atoms with Gasteiger partial charge in [-0.15, -0.1) is 11.6 Å². The van der Waals surface area contributed by atoms with Crippen LogP contribution in [0.4, 0.5) is 0 Å². The lowest BCUT2D eigenvalue weighted by Crippen LogP contribution is -2.44. The largest absolute Gasteiger partial charge is 0.393 e. The van der Waals surface area contributed by atoms with Crippen LogP contribution in [0.5, 0.6) is 0 Å². The molecule has 0 aliphatic heterocycles. The monoisotopic (exact) mass is 233 g/mol. The van der Waals surface area contributed by atoms with Gasteiger partial charge in [-0.25, -0.2) is 0 Å². The van der Waals surface area contributed by atoms with E-state index in [9.17, 15) is 4.79 Å². The molecule has 0 aromatic heterocycles. The van der Waals surface area contributed by atoms with E-state index in [4.69, 9.17) is 16.7 Å². The van der Waals surface area contributed by atoms with Crippen molar-refractivity contribution in [3.05, 3.63) is 0 Å². The third kappa shape index (κ3) is 3.08. The summed E-state index contributed by atoms with van der Waals surface area (Å²) in [6, 6.07) is 0. The zero-order valence-electron chi connectivity index (χ0n) is 9.66. The summed E-state index contributed by atoms with van der Waals surface area (Å²) in [4.78, 5) is 13.7. The zero-order chi connectivity index (χ0) is 11.6. The normalized spacial score (nSPS) is 25.9. The van der Waals surface area contributed by atoms with Crippen molar-refractivity contribution in [2.75, 3.05) is 19.5 Å². The van der Waals surface area contributed by atoms with Crippen molar-refractivity contribution >= 4 is 17.5 Å². The number of hydrogen-bond donors (Lipinski definition) is 1. The van der Waals surface area contributed by atoms with Crippen molar-refractivity contribution in [2.45, 2.75) is 32.8 Å². The highest BCUT2D eigenvalue weighted by atomic mass is 35.5. The smallest absolute Gasteiger partial charge is 0.229 e. The molecule has 0 unspecified atom stereocenters. The summed E-state index contributed by atoms with van der Waals surface area (Å²) >= 11 is 5.75. The average molecular weight is 234 g/mol. The van der Waals surface area contributed by atoms with Gasteiger partial charge in [0.25, 0.3) is 0 Å². The summed E-state index contributed by atoms with van der Waals surface area (Å²) in [7, 11) is 1.81. The predicted molar refractivity (Wildman–Crippen MR) is 60.9 cm³/mol. The van der Waals surface area contributed by atoms with E-state index in [2.05, 4.69) is 0 Å².